The first kappa shape index (κ1) is 24.5. The summed E-state index contributed by atoms with van der Waals surface area (Å²) in [4.78, 5) is 27.0. The van der Waals surface area contributed by atoms with Gasteiger partial charge in [0.05, 0.1) is 26.3 Å². The monoisotopic (exact) mass is 475 g/mol. The number of carbonyl (C=O) groups is 2. The number of benzene rings is 2. The zero-order valence-corrected chi connectivity index (χ0v) is 20.9. The second kappa shape index (κ2) is 10.8. The number of amides is 1. The predicted octanol–water partition coefficient (Wildman–Crippen LogP) is 4.63. The fourth-order valence-corrected chi connectivity index (χ4v) is 4.33. The second-order valence-corrected chi connectivity index (χ2v) is 8.92. The molecule has 0 atom stereocenters. The molecular formula is C28H33N3O4. The number of hydrogen-bond acceptors (Lipinski definition) is 5. The average Bonchev–Trinajstić information content (AvgIpc) is 3.62. The molecule has 0 bridgehead atoms. The summed E-state index contributed by atoms with van der Waals surface area (Å²) in [5.41, 5.74) is 5.78. The largest absolute Gasteiger partial charge is 0.496 e. The SMILES string of the molecule is CCOC(=O)Cc1ccc(OC)c(-c2ccc(-c3cnn(C)c3)cc2CN(CC)C(=O)C2CC2)c1. The number of rotatable bonds is 10. The van der Waals surface area contributed by atoms with Gasteiger partial charge in [-0.2, -0.15) is 5.10 Å². The molecule has 0 N–H and O–H groups in total. The summed E-state index contributed by atoms with van der Waals surface area (Å²) >= 11 is 0. The normalized spacial score (nSPS) is 12.9. The van der Waals surface area contributed by atoms with E-state index in [0.29, 0.717) is 25.4 Å². The van der Waals surface area contributed by atoms with Crippen LogP contribution in [-0.2, 0) is 34.3 Å². The van der Waals surface area contributed by atoms with Gasteiger partial charge in [0.15, 0.2) is 0 Å². The number of hydrogen-bond donors (Lipinski definition) is 0. The van der Waals surface area contributed by atoms with E-state index in [1.807, 2.05) is 49.5 Å². The van der Waals surface area contributed by atoms with Crippen molar-refractivity contribution in [1.82, 2.24) is 14.7 Å². The van der Waals surface area contributed by atoms with Gasteiger partial charge < -0.3 is 14.4 Å². The number of carbonyl (C=O) groups excluding carboxylic acids is 2. The van der Waals surface area contributed by atoms with Crippen LogP contribution in [0.2, 0.25) is 0 Å². The van der Waals surface area contributed by atoms with Crippen LogP contribution in [0.15, 0.2) is 48.8 Å². The highest BCUT2D eigenvalue weighted by molar-refractivity contribution is 5.83. The maximum absolute atomic E-state index is 12.9. The molecule has 1 amide bonds. The van der Waals surface area contributed by atoms with Gasteiger partial charge >= 0.3 is 5.97 Å². The van der Waals surface area contributed by atoms with Crippen molar-refractivity contribution in [2.75, 3.05) is 20.3 Å². The van der Waals surface area contributed by atoms with E-state index in [-0.39, 0.29) is 24.2 Å². The van der Waals surface area contributed by atoms with Crippen LogP contribution >= 0.6 is 0 Å². The molecule has 1 aromatic heterocycles. The van der Waals surface area contributed by atoms with Crippen molar-refractivity contribution in [2.24, 2.45) is 13.0 Å². The zero-order chi connectivity index (χ0) is 24.9. The molecule has 0 spiro atoms. The number of aromatic nitrogens is 2. The summed E-state index contributed by atoms with van der Waals surface area (Å²) in [5.74, 6) is 0.822. The molecule has 7 nitrogen and oxygen atoms in total. The number of nitrogens with zero attached hydrogens (tertiary/aromatic N) is 3. The van der Waals surface area contributed by atoms with E-state index in [9.17, 15) is 9.59 Å². The van der Waals surface area contributed by atoms with Crippen molar-refractivity contribution in [2.45, 2.75) is 39.7 Å². The fourth-order valence-electron chi connectivity index (χ4n) is 4.33. The molecule has 35 heavy (non-hydrogen) atoms. The Morgan fingerprint density at radius 2 is 1.89 bits per heavy atom. The lowest BCUT2D eigenvalue weighted by molar-refractivity contribution is -0.142. The van der Waals surface area contributed by atoms with Gasteiger partial charge in [-0.15, -0.1) is 0 Å². The van der Waals surface area contributed by atoms with Crippen molar-refractivity contribution in [3.05, 3.63) is 59.9 Å². The molecule has 184 valence electrons. The Hall–Kier alpha value is -3.61. The molecule has 1 fully saturated rings. The highest BCUT2D eigenvalue weighted by atomic mass is 16.5. The molecule has 1 heterocycles. The first-order chi connectivity index (χ1) is 16.9. The Morgan fingerprint density at radius 1 is 1.09 bits per heavy atom. The van der Waals surface area contributed by atoms with Crippen molar-refractivity contribution in [3.8, 4) is 28.0 Å². The topological polar surface area (TPSA) is 73.7 Å². The van der Waals surface area contributed by atoms with Crippen LogP contribution in [0.4, 0.5) is 0 Å². The molecule has 3 aromatic rings. The van der Waals surface area contributed by atoms with E-state index in [1.54, 1.807) is 18.7 Å². The molecule has 0 unspecified atom stereocenters. The van der Waals surface area contributed by atoms with Gasteiger partial charge in [0.25, 0.3) is 0 Å². The third-order valence-corrected chi connectivity index (χ3v) is 6.33. The van der Waals surface area contributed by atoms with Crippen LogP contribution < -0.4 is 4.74 Å². The summed E-state index contributed by atoms with van der Waals surface area (Å²) in [6.45, 7) is 5.32. The molecule has 1 aliphatic rings. The Morgan fingerprint density at radius 3 is 2.51 bits per heavy atom. The summed E-state index contributed by atoms with van der Waals surface area (Å²) in [6.07, 6.45) is 5.96. The highest BCUT2D eigenvalue weighted by Crippen LogP contribution is 2.37. The third-order valence-electron chi connectivity index (χ3n) is 6.33. The summed E-state index contributed by atoms with van der Waals surface area (Å²) in [7, 11) is 3.54. The summed E-state index contributed by atoms with van der Waals surface area (Å²) in [5, 5.41) is 4.31. The molecule has 1 aliphatic carbocycles. The van der Waals surface area contributed by atoms with Crippen molar-refractivity contribution >= 4 is 11.9 Å². The lowest BCUT2D eigenvalue weighted by Crippen LogP contribution is -2.31. The molecular weight excluding hydrogens is 442 g/mol. The van der Waals surface area contributed by atoms with Crippen LogP contribution in [0.1, 0.15) is 37.8 Å². The minimum absolute atomic E-state index is 0.155. The van der Waals surface area contributed by atoms with E-state index in [2.05, 4.69) is 23.3 Å². The van der Waals surface area contributed by atoms with Gasteiger partial charge in [0.1, 0.15) is 5.75 Å². The highest BCUT2D eigenvalue weighted by Gasteiger charge is 2.33. The van der Waals surface area contributed by atoms with Gasteiger partial charge in [-0.05, 0) is 67.1 Å². The van der Waals surface area contributed by atoms with E-state index >= 15 is 0 Å². The smallest absolute Gasteiger partial charge is 0.310 e. The van der Waals surface area contributed by atoms with Gasteiger partial charge in [-0.3, -0.25) is 14.3 Å². The van der Waals surface area contributed by atoms with E-state index in [4.69, 9.17) is 9.47 Å². The lowest BCUT2D eigenvalue weighted by atomic mass is 9.93. The standard InChI is InChI=1S/C28H33N3O4/c1-5-31(28(33)20-8-9-20)18-22-15-21(23-16-29-30(3)17-23)10-11-24(22)25-13-19(7-12-26(25)34-4)14-27(32)35-6-2/h7,10-13,15-17,20H,5-6,8-9,14,18H2,1-4H3. The number of esters is 1. The molecule has 4 rings (SSSR count). The predicted molar refractivity (Wildman–Crippen MR) is 135 cm³/mol. The molecule has 0 saturated heterocycles. The van der Waals surface area contributed by atoms with Crippen molar-refractivity contribution < 1.29 is 19.1 Å². The molecule has 0 radical (unpaired) electrons. The first-order valence-electron chi connectivity index (χ1n) is 12.2. The Labute approximate surface area is 206 Å². The lowest BCUT2D eigenvalue weighted by Gasteiger charge is -2.24. The maximum atomic E-state index is 12.9. The van der Waals surface area contributed by atoms with Gasteiger partial charge in [-0.1, -0.05) is 18.2 Å². The third kappa shape index (κ3) is 5.73. The quantitative estimate of drug-likeness (QED) is 0.400. The summed E-state index contributed by atoms with van der Waals surface area (Å²) in [6, 6.07) is 12.0. The average molecular weight is 476 g/mol. The Bertz CT molecular complexity index is 1210. The zero-order valence-electron chi connectivity index (χ0n) is 20.9. The van der Waals surface area contributed by atoms with Crippen LogP contribution in [0.5, 0.6) is 5.75 Å². The van der Waals surface area contributed by atoms with Crippen LogP contribution in [-0.4, -0.2) is 46.8 Å². The minimum Gasteiger partial charge on any atom is -0.496 e. The van der Waals surface area contributed by atoms with E-state index in [1.165, 1.54) is 0 Å². The van der Waals surface area contributed by atoms with Gasteiger partial charge in [-0.25, -0.2) is 0 Å². The van der Waals surface area contributed by atoms with E-state index in [0.717, 1.165) is 46.2 Å². The van der Waals surface area contributed by atoms with Crippen molar-refractivity contribution in [1.29, 1.82) is 0 Å². The van der Waals surface area contributed by atoms with Crippen LogP contribution in [0.25, 0.3) is 22.3 Å². The second-order valence-electron chi connectivity index (χ2n) is 8.92. The summed E-state index contributed by atoms with van der Waals surface area (Å²) < 4.78 is 12.6. The Balaban J connectivity index is 1.78. The van der Waals surface area contributed by atoms with Crippen LogP contribution in [0, 0.1) is 5.92 Å². The first-order valence-corrected chi connectivity index (χ1v) is 12.2. The molecule has 0 aliphatic heterocycles. The van der Waals surface area contributed by atoms with E-state index < -0.39 is 0 Å². The van der Waals surface area contributed by atoms with Gasteiger partial charge in [0.2, 0.25) is 5.91 Å². The minimum atomic E-state index is -0.261. The fraction of sp³-hybridized carbons (Fsp3) is 0.393. The molecule has 7 heteroatoms. The Kier molecular flexibility index (Phi) is 7.54. The maximum Gasteiger partial charge on any atom is 0.310 e. The number of methoxy groups -OCH3 is 1. The van der Waals surface area contributed by atoms with Crippen LogP contribution in [0.3, 0.4) is 0 Å². The van der Waals surface area contributed by atoms with Crippen molar-refractivity contribution in [3.63, 3.8) is 0 Å². The molecule has 1 saturated carbocycles. The van der Waals surface area contributed by atoms with Gasteiger partial charge in [0, 0.05) is 43.4 Å². The molecule has 2 aromatic carbocycles. The number of ether oxygens (including phenoxy) is 2. The number of aryl methyl sites for hydroxylation is 1.